The molecule has 1 aromatic heterocycles. The van der Waals surface area contributed by atoms with Crippen molar-refractivity contribution in [3.05, 3.63) is 46.2 Å². The largest absolute Gasteiger partial charge is 0.378 e. The van der Waals surface area contributed by atoms with Crippen LogP contribution in [0.2, 0.25) is 0 Å². The zero-order valence-corrected chi connectivity index (χ0v) is 12.4. The second-order valence-electron chi connectivity index (χ2n) is 4.40. The van der Waals surface area contributed by atoms with Crippen molar-refractivity contribution in [2.24, 2.45) is 5.14 Å². The summed E-state index contributed by atoms with van der Waals surface area (Å²) >= 11 is 1.71. The first-order valence-corrected chi connectivity index (χ1v) is 8.24. The average molecular weight is 296 g/mol. The van der Waals surface area contributed by atoms with Gasteiger partial charge in [0.25, 0.3) is 0 Å². The van der Waals surface area contributed by atoms with Crippen LogP contribution in [0.5, 0.6) is 0 Å². The molecule has 0 amide bonds. The Balaban J connectivity index is 2.14. The van der Waals surface area contributed by atoms with Gasteiger partial charge < -0.3 is 5.32 Å². The molecule has 1 aromatic carbocycles. The second kappa shape index (κ2) is 5.32. The van der Waals surface area contributed by atoms with E-state index in [0.29, 0.717) is 0 Å². The van der Waals surface area contributed by atoms with Crippen LogP contribution in [0.15, 0.2) is 40.6 Å². The first kappa shape index (κ1) is 14.0. The molecule has 0 aliphatic carbocycles. The molecule has 2 aromatic rings. The Morgan fingerprint density at radius 1 is 1.21 bits per heavy atom. The SMILES string of the molecule is Cc1ccsc1C(C)Nc1ccc(S(N)(=O)=O)cc1. The normalized spacial score (nSPS) is 13.2. The van der Waals surface area contributed by atoms with E-state index in [9.17, 15) is 8.42 Å². The third-order valence-electron chi connectivity index (χ3n) is 2.86. The molecule has 0 fully saturated rings. The highest BCUT2D eigenvalue weighted by molar-refractivity contribution is 7.89. The van der Waals surface area contributed by atoms with E-state index < -0.39 is 10.0 Å². The minimum Gasteiger partial charge on any atom is -0.378 e. The van der Waals surface area contributed by atoms with E-state index in [-0.39, 0.29) is 10.9 Å². The molecule has 0 spiro atoms. The first-order valence-electron chi connectivity index (χ1n) is 5.81. The summed E-state index contributed by atoms with van der Waals surface area (Å²) in [6.45, 7) is 4.15. The van der Waals surface area contributed by atoms with Crippen molar-refractivity contribution in [2.75, 3.05) is 5.32 Å². The lowest BCUT2D eigenvalue weighted by Gasteiger charge is -2.15. The molecule has 1 heterocycles. The summed E-state index contributed by atoms with van der Waals surface area (Å²) in [5, 5.41) is 10.5. The lowest BCUT2D eigenvalue weighted by Crippen LogP contribution is -2.12. The minimum atomic E-state index is -3.62. The van der Waals surface area contributed by atoms with Crippen molar-refractivity contribution in [3.63, 3.8) is 0 Å². The van der Waals surface area contributed by atoms with Crippen molar-refractivity contribution in [3.8, 4) is 0 Å². The fourth-order valence-corrected chi connectivity index (χ4v) is 3.34. The smallest absolute Gasteiger partial charge is 0.238 e. The molecule has 0 saturated carbocycles. The first-order chi connectivity index (χ1) is 8.88. The van der Waals surface area contributed by atoms with Gasteiger partial charge in [-0.3, -0.25) is 0 Å². The third kappa shape index (κ3) is 3.34. The topological polar surface area (TPSA) is 72.2 Å². The average Bonchev–Trinajstić information content (AvgIpc) is 2.75. The standard InChI is InChI=1S/C13H16N2O2S2/c1-9-7-8-18-13(9)10(2)15-11-3-5-12(6-4-11)19(14,16)17/h3-8,10,15H,1-2H3,(H2,14,16,17). The molecule has 0 bridgehead atoms. The van der Waals surface area contributed by atoms with Gasteiger partial charge >= 0.3 is 0 Å². The molecule has 0 aliphatic heterocycles. The van der Waals surface area contributed by atoms with Crippen LogP contribution in [0.4, 0.5) is 5.69 Å². The van der Waals surface area contributed by atoms with E-state index >= 15 is 0 Å². The molecular formula is C13H16N2O2S2. The Morgan fingerprint density at radius 3 is 2.32 bits per heavy atom. The van der Waals surface area contributed by atoms with Crippen LogP contribution in [0, 0.1) is 6.92 Å². The Morgan fingerprint density at radius 2 is 1.84 bits per heavy atom. The monoisotopic (exact) mass is 296 g/mol. The van der Waals surface area contributed by atoms with Gasteiger partial charge in [-0.1, -0.05) is 0 Å². The molecule has 4 nitrogen and oxygen atoms in total. The van der Waals surface area contributed by atoms with Gasteiger partial charge in [-0.15, -0.1) is 11.3 Å². The Bertz CT molecular complexity index is 660. The summed E-state index contributed by atoms with van der Waals surface area (Å²) in [6, 6.07) is 8.72. The van der Waals surface area contributed by atoms with Crippen LogP contribution in [0.3, 0.4) is 0 Å². The highest BCUT2D eigenvalue weighted by Gasteiger charge is 2.11. The maximum atomic E-state index is 11.2. The lowest BCUT2D eigenvalue weighted by atomic mass is 10.2. The van der Waals surface area contributed by atoms with Gasteiger partial charge in [0.15, 0.2) is 0 Å². The van der Waals surface area contributed by atoms with E-state index in [4.69, 9.17) is 5.14 Å². The van der Waals surface area contributed by atoms with Crippen LogP contribution in [0.1, 0.15) is 23.4 Å². The molecule has 0 aliphatic rings. The van der Waals surface area contributed by atoms with Gasteiger partial charge in [0.05, 0.1) is 10.9 Å². The molecular weight excluding hydrogens is 280 g/mol. The number of hydrogen-bond acceptors (Lipinski definition) is 4. The zero-order valence-electron chi connectivity index (χ0n) is 10.8. The third-order valence-corrected chi connectivity index (χ3v) is 4.99. The van der Waals surface area contributed by atoms with Crippen molar-refractivity contribution >= 4 is 27.0 Å². The van der Waals surface area contributed by atoms with Gasteiger partial charge in [0.2, 0.25) is 10.0 Å². The van der Waals surface area contributed by atoms with Gasteiger partial charge in [0, 0.05) is 10.6 Å². The maximum Gasteiger partial charge on any atom is 0.238 e. The van der Waals surface area contributed by atoms with Gasteiger partial charge in [-0.2, -0.15) is 0 Å². The molecule has 102 valence electrons. The van der Waals surface area contributed by atoms with Crippen molar-refractivity contribution in [1.29, 1.82) is 0 Å². The fraction of sp³-hybridized carbons (Fsp3) is 0.231. The summed E-state index contributed by atoms with van der Waals surface area (Å²) in [5.74, 6) is 0. The van der Waals surface area contributed by atoms with Gasteiger partial charge in [-0.05, 0) is 55.1 Å². The number of sulfonamides is 1. The number of thiophene rings is 1. The number of anilines is 1. The Hall–Kier alpha value is -1.37. The molecule has 6 heteroatoms. The van der Waals surface area contributed by atoms with Crippen LogP contribution in [-0.4, -0.2) is 8.42 Å². The molecule has 19 heavy (non-hydrogen) atoms. The number of hydrogen-bond donors (Lipinski definition) is 2. The molecule has 2 rings (SSSR count). The lowest BCUT2D eigenvalue weighted by molar-refractivity contribution is 0.598. The van der Waals surface area contributed by atoms with E-state index in [2.05, 4.69) is 30.6 Å². The molecule has 0 radical (unpaired) electrons. The van der Waals surface area contributed by atoms with Crippen molar-refractivity contribution in [2.45, 2.75) is 24.8 Å². The van der Waals surface area contributed by atoms with Gasteiger partial charge in [-0.25, -0.2) is 13.6 Å². The predicted octanol–water partition coefficient (Wildman–Crippen LogP) is 2.88. The molecule has 3 N–H and O–H groups in total. The number of benzene rings is 1. The summed E-state index contributed by atoms with van der Waals surface area (Å²) in [4.78, 5) is 1.40. The second-order valence-corrected chi connectivity index (χ2v) is 6.91. The van der Waals surface area contributed by atoms with E-state index in [1.807, 2.05) is 0 Å². The van der Waals surface area contributed by atoms with Crippen molar-refractivity contribution in [1.82, 2.24) is 0 Å². The van der Waals surface area contributed by atoms with Crippen LogP contribution < -0.4 is 10.5 Å². The van der Waals surface area contributed by atoms with Gasteiger partial charge in [0.1, 0.15) is 0 Å². The van der Waals surface area contributed by atoms with E-state index in [0.717, 1.165) is 5.69 Å². The predicted molar refractivity (Wildman–Crippen MR) is 78.9 cm³/mol. The Labute approximate surface area is 117 Å². The summed E-state index contributed by atoms with van der Waals surface area (Å²) in [7, 11) is -3.62. The van der Waals surface area contributed by atoms with Crippen LogP contribution in [-0.2, 0) is 10.0 Å². The summed E-state index contributed by atoms with van der Waals surface area (Å²) in [5.41, 5.74) is 2.12. The summed E-state index contributed by atoms with van der Waals surface area (Å²) < 4.78 is 22.3. The molecule has 1 atom stereocenters. The zero-order chi connectivity index (χ0) is 14.0. The highest BCUT2D eigenvalue weighted by atomic mass is 32.2. The summed E-state index contributed by atoms with van der Waals surface area (Å²) in [6.07, 6.45) is 0. The quantitative estimate of drug-likeness (QED) is 0.911. The van der Waals surface area contributed by atoms with Crippen LogP contribution >= 0.6 is 11.3 Å². The van der Waals surface area contributed by atoms with E-state index in [1.54, 1.807) is 23.5 Å². The number of nitrogens with one attached hydrogen (secondary N) is 1. The molecule has 1 unspecified atom stereocenters. The maximum absolute atomic E-state index is 11.2. The highest BCUT2D eigenvalue weighted by Crippen LogP contribution is 2.27. The molecule has 0 saturated heterocycles. The van der Waals surface area contributed by atoms with Crippen LogP contribution in [0.25, 0.3) is 0 Å². The minimum absolute atomic E-state index is 0.123. The number of primary sulfonamides is 1. The fourth-order valence-electron chi connectivity index (χ4n) is 1.88. The number of aryl methyl sites for hydroxylation is 1. The number of nitrogens with two attached hydrogens (primary N) is 1. The Kier molecular flexibility index (Phi) is 3.93. The number of rotatable bonds is 4. The van der Waals surface area contributed by atoms with E-state index in [1.165, 1.54) is 22.6 Å². The van der Waals surface area contributed by atoms with Crippen molar-refractivity contribution < 1.29 is 8.42 Å².